The van der Waals surface area contributed by atoms with Crippen LogP contribution in [0.4, 0.5) is 0 Å². The first-order valence-corrected chi connectivity index (χ1v) is 13.5. The summed E-state index contributed by atoms with van der Waals surface area (Å²) in [5.41, 5.74) is 0. The van der Waals surface area contributed by atoms with Gasteiger partial charge in [-0.15, -0.1) is 0 Å². The second-order valence-corrected chi connectivity index (χ2v) is 12.4. The number of amides is 1. The van der Waals surface area contributed by atoms with E-state index in [2.05, 4.69) is 0 Å². The van der Waals surface area contributed by atoms with E-state index < -0.39 is 50.3 Å². The molecule has 2 saturated heterocycles. The normalized spacial score (nSPS) is 22.2. The van der Waals surface area contributed by atoms with Gasteiger partial charge in [-0.3, -0.25) is 9.59 Å². The summed E-state index contributed by atoms with van der Waals surface area (Å²) in [4.78, 5) is 26.0. The van der Waals surface area contributed by atoms with Crippen molar-refractivity contribution in [1.29, 1.82) is 0 Å². The van der Waals surface area contributed by atoms with Gasteiger partial charge < -0.3 is 9.64 Å². The Balaban J connectivity index is 1.48. The molecule has 0 N–H and O–H groups in total. The number of nitrogens with zero attached hydrogens (tertiary/aromatic N) is 2. The number of hydrogen-bond donors (Lipinski definition) is 0. The summed E-state index contributed by atoms with van der Waals surface area (Å²) in [6, 6.07) is 5.49. The van der Waals surface area contributed by atoms with Crippen molar-refractivity contribution >= 4 is 43.3 Å². The molecule has 0 aromatic heterocycles. The molecule has 0 saturated carbocycles. The predicted molar refractivity (Wildman–Crippen MR) is 114 cm³/mol. The fourth-order valence-corrected chi connectivity index (χ4v) is 7.09. The van der Waals surface area contributed by atoms with Crippen LogP contribution in [0.2, 0.25) is 5.02 Å². The molecule has 3 rings (SSSR count). The summed E-state index contributed by atoms with van der Waals surface area (Å²) in [6.45, 7) is -0.133. The lowest BCUT2D eigenvalue weighted by atomic mass is 9.98. The van der Waals surface area contributed by atoms with Crippen LogP contribution in [-0.4, -0.2) is 82.2 Å². The largest absolute Gasteiger partial charge is 0.455 e. The van der Waals surface area contributed by atoms with Crippen molar-refractivity contribution in [3.05, 3.63) is 29.3 Å². The SMILES string of the molecule is CN(C(=O)COC(=O)C1CCN(S(=O)(=O)c2ccc(Cl)cc2)CC1)[C@@H]1CCS(=O)(=O)C1. The molecule has 1 aromatic carbocycles. The van der Waals surface area contributed by atoms with Gasteiger partial charge in [-0.2, -0.15) is 4.31 Å². The van der Waals surface area contributed by atoms with Crippen LogP contribution in [0.1, 0.15) is 19.3 Å². The van der Waals surface area contributed by atoms with Gasteiger partial charge in [-0.25, -0.2) is 16.8 Å². The van der Waals surface area contributed by atoms with Gasteiger partial charge in [0.05, 0.1) is 22.3 Å². The molecule has 1 aromatic rings. The molecule has 9 nitrogen and oxygen atoms in total. The number of piperidine rings is 1. The maximum absolute atomic E-state index is 12.7. The standard InChI is InChI=1S/C19H25ClN2O7S2/c1-21(16-8-11-30(25,26)13-16)18(23)12-29-19(24)14-6-9-22(10-7-14)31(27,28)17-4-2-15(20)3-5-17/h2-5,14,16H,6-13H2,1H3/t16-/m1/s1. The van der Waals surface area contributed by atoms with Crippen molar-refractivity contribution in [3.8, 4) is 0 Å². The van der Waals surface area contributed by atoms with Crippen molar-refractivity contribution in [2.45, 2.75) is 30.2 Å². The highest BCUT2D eigenvalue weighted by Gasteiger charge is 2.35. The van der Waals surface area contributed by atoms with Crippen LogP contribution >= 0.6 is 11.6 Å². The molecular weight excluding hydrogens is 468 g/mol. The Bertz CT molecular complexity index is 1030. The van der Waals surface area contributed by atoms with E-state index in [0.29, 0.717) is 11.4 Å². The van der Waals surface area contributed by atoms with Crippen molar-refractivity contribution in [3.63, 3.8) is 0 Å². The van der Waals surface area contributed by atoms with E-state index in [0.717, 1.165) is 0 Å². The zero-order valence-corrected chi connectivity index (χ0v) is 19.5. The lowest BCUT2D eigenvalue weighted by molar-refractivity contribution is -0.156. The molecule has 2 aliphatic rings. The number of likely N-dealkylation sites (N-methyl/N-ethyl adjacent to an activating group) is 1. The monoisotopic (exact) mass is 492 g/mol. The minimum atomic E-state index is -3.67. The molecule has 0 aliphatic carbocycles. The Labute approximate surface area is 187 Å². The molecule has 0 spiro atoms. The van der Waals surface area contributed by atoms with Crippen LogP contribution in [-0.2, 0) is 34.2 Å². The van der Waals surface area contributed by atoms with Gasteiger partial charge in [0.1, 0.15) is 0 Å². The smallest absolute Gasteiger partial charge is 0.309 e. The minimum Gasteiger partial charge on any atom is -0.455 e. The van der Waals surface area contributed by atoms with Gasteiger partial charge in [0.25, 0.3) is 5.91 Å². The third-order valence-electron chi connectivity index (χ3n) is 5.73. The molecular formula is C19H25ClN2O7S2. The first kappa shape index (κ1) is 24.0. The van der Waals surface area contributed by atoms with Crippen LogP contribution in [0.5, 0.6) is 0 Å². The highest BCUT2D eigenvalue weighted by atomic mass is 35.5. The zero-order chi connectivity index (χ0) is 22.8. The second kappa shape index (κ2) is 9.43. The van der Waals surface area contributed by atoms with Gasteiger partial charge in [0.2, 0.25) is 10.0 Å². The number of sulfone groups is 1. The Morgan fingerprint density at radius 3 is 2.32 bits per heavy atom. The lowest BCUT2D eigenvalue weighted by Crippen LogP contribution is -2.42. The summed E-state index contributed by atoms with van der Waals surface area (Å²) in [6.07, 6.45) is 0.951. The van der Waals surface area contributed by atoms with E-state index in [1.807, 2.05) is 0 Å². The van der Waals surface area contributed by atoms with Crippen LogP contribution in [0.15, 0.2) is 29.2 Å². The van der Waals surface area contributed by atoms with Crippen molar-refractivity contribution in [2.24, 2.45) is 5.92 Å². The predicted octanol–water partition coefficient (Wildman–Crippen LogP) is 0.929. The number of hydrogen-bond acceptors (Lipinski definition) is 7. The highest BCUT2D eigenvalue weighted by Crippen LogP contribution is 2.25. The first-order chi connectivity index (χ1) is 14.5. The molecule has 0 radical (unpaired) electrons. The molecule has 0 bridgehead atoms. The minimum absolute atomic E-state index is 0.0482. The Hall–Kier alpha value is -1.69. The summed E-state index contributed by atoms with van der Waals surface area (Å²) in [5.74, 6) is -1.54. The molecule has 31 heavy (non-hydrogen) atoms. The van der Waals surface area contributed by atoms with Gasteiger partial charge in [0, 0.05) is 31.2 Å². The maximum Gasteiger partial charge on any atom is 0.309 e. The number of halogens is 1. The lowest BCUT2D eigenvalue weighted by Gasteiger charge is -2.30. The van der Waals surface area contributed by atoms with Gasteiger partial charge in [0.15, 0.2) is 16.4 Å². The first-order valence-electron chi connectivity index (χ1n) is 9.88. The van der Waals surface area contributed by atoms with E-state index in [1.165, 1.54) is 40.5 Å². The summed E-state index contributed by atoms with van der Waals surface area (Å²) < 4.78 is 55.0. The average Bonchev–Trinajstić information content (AvgIpc) is 3.11. The Morgan fingerprint density at radius 2 is 1.77 bits per heavy atom. The quantitative estimate of drug-likeness (QED) is 0.542. The van der Waals surface area contributed by atoms with E-state index in [9.17, 15) is 26.4 Å². The number of benzene rings is 1. The molecule has 2 fully saturated rings. The van der Waals surface area contributed by atoms with Crippen molar-refractivity contribution in [2.75, 3.05) is 38.2 Å². The molecule has 172 valence electrons. The number of carbonyl (C=O) groups is 2. The number of ether oxygens (including phenoxy) is 1. The fourth-order valence-electron chi connectivity index (χ4n) is 3.72. The fraction of sp³-hybridized carbons (Fsp3) is 0.579. The molecule has 1 amide bonds. The third-order valence-corrected chi connectivity index (χ3v) is 9.64. The summed E-state index contributed by atoms with van der Waals surface area (Å²) >= 11 is 5.81. The summed E-state index contributed by atoms with van der Waals surface area (Å²) in [7, 11) is -5.29. The number of carbonyl (C=O) groups excluding carboxylic acids is 2. The van der Waals surface area contributed by atoms with Crippen LogP contribution < -0.4 is 0 Å². The van der Waals surface area contributed by atoms with E-state index in [-0.39, 0.29) is 42.3 Å². The van der Waals surface area contributed by atoms with E-state index in [4.69, 9.17) is 16.3 Å². The molecule has 2 heterocycles. The number of rotatable bonds is 6. The van der Waals surface area contributed by atoms with Crippen molar-refractivity contribution < 1.29 is 31.2 Å². The second-order valence-electron chi connectivity index (χ2n) is 7.80. The number of esters is 1. The zero-order valence-electron chi connectivity index (χ0n) is 17.1. The maximum atomic E-state index is 12.7. The van der Waals surface area contributed by atoms with E-state index in [1.54, 1.807) is 0 Å². The van der Waals surface area contributed by atoms with Crippen molar-refractivity contribution in [1.82, 2.24) is 9.21 Å². The molecule has 2 aliphatic heterocycles. The average molecular weight is 493 g/mol. The van der Waals surface area contributed by atoms with Gasteiger partial charge in [-0.05, 0) is 43.5 Å². The van der Waals surface area contributed by atoms with Gasteiger partial charge >= 0.3 is 5.97 Å². The van der Waals surface area contributed by atoms with E-state index >= 15 is 0 Å². The topological polar surface area (TPSA) is 118 Å². The third kappa shape index (κ3) is 5.76. The van der Waals surface area contributed by atoms with Crippen LogP contribution in [0.3, 0.4) is 0 Å². The Kier molecular flexibility index (Phi) is 7.29. The molecule has 12 heteroatoms. The van der Waals surface area contributed by atoms with Crippen LogP contribution in [0, 0.1) is 5.92 Å². The number of sulfonamides is 1. The van der Waals surface area contributed by atoms with Crippen LogP contribution in [0.25, 0.3) is 0 Å². The molecule has 0 unspecified atom stereocenters. The Morgan fingerprint density at radius 1 is 1.16 bits per heavy atom. The molecule has 1 atom stereocenters. The van der Waals surface area contributed by atoms with Gasteiger partial charge in [-0.1, -0.05) is 11.6 Å². The highest BCUT2D eigenvalue weighted by molar-refractivity contribution is 7.91. The summed E-state index contributed by atoms with van der Waals surface area (Å²) in [5, 5.41) is 0.440.